The molecule has 0 aromatic carbocycles. The molecule has 0 spiro atoms. The monoisotopic (exact) mass is 239 g/mol. The molecule has 1 aromatic rings. The molecule has 0 aliphatic heterocycles. The lowest BCUT2D eigenvalue weighted by molar-refractivity contribution is -0.140. The smallest absolute Gasteiger partial charge is 0.307 e. The van der Waals surface area contributed by atoms with Crippen LogP contribution in [0, 0.1) is 17.3 Å². The summed E-state index contributed by atoms with van der Waals surface area (Å²) in [5.41, 5.74) is 0.299. The maximum absolute atomic E-state index is 11.8. The number of carboxylic acids is 1. The van der Waals surface area contributed by atoms with Crippen LogP contribution in [0.5, 0.6) is 0 Å². The second-order valence-electron chi connectivity index (χ2n) is 4.62. The zero-order valence-electron chi connectivity index (χ0n) is 9.06. The zero-order valence-corrected chi connectivity index (χ0v) is 9.88. The van der Waals surface area contributed by atoms with Crippen molar-refractivity contribution in [3.8, 4) is 0 Å². The van der Waals surface area contributed by atoms with Gasteiger partial charge >= 0.3 is 5.97 Å². The van der Waals surface area contributed by atoms with E-state index >= 15 is 0 Å². The average Bonchev–Trinajstić information content (AvgIpc) is 2.58. The van der Waals surface area contributed by atoms with Crippen molar-refractivity contribution in [1.82, 2.24) is 0 Å². The average molecular weight is 239 g/mol. The van der Waals surface area contributed by atoms with E-state index in [1.165, 1.54) is 11.3 Å². The van der Waals surface area contributed by atoms with Gasteiger partial charge in [0.1, 0.15) is 0 Å². The number of hydrogen-bond acceptors (Lipinski definition) is 3. The first-order valence-electron chi connectivity index (χ1n) is 5.00. The molecule has 2 N–H and O–H groups in total. The van der Waals surface area contributed by atoms with Gasteiger partial charge in [0.2, 0.25) is 5.91 Å². The third-order valence-corrected chi connectivity index (χ3v) is 3.85. The van der Waals surface area contributed by atoms with Gasteiger partial charge in [-0.2, -0.15) is 11.3 Å². The van der Waals surface area contributed by atoms with Crippen LogP contribution in [0.4, 0.5) is 5.69 Å². The molecular formula is C11H13NO3S. The van der Waals surface area contributed by atoms with Crippen molar-refractivity contribution in [2.45, 2.75) is 13.8 Å². The first-order valence-corrected chi connectivity index (χ1v) is 5.94. The highest BCUT2D eigenvalue weighted by Gasteiger charge is 2.65. The Morgan fingerprint density at radius 1 is 1.44 bits per heavy atom. The van der Waals surface area contributed by atoms with E-state index in [2.05, 4.69) is 5.32 Å². The van der Waals surface area contributed by atoms with Crippen LogP contribution in [-0.4, -0.2) is 17.0 Å². The van der Waals surface area contributed by atoms with Crippen molar-refractivity contribution in [3.05, 3.63) is 16.8 Å². The first kappa shape index (κ1) is 11.1. The van der Waals surface area contributed by atoms with Gasteiger partial charge in [0.25, 0.3) is 0 Å². The van der Waals surface area contributed by atoms with E-state index < -0.39 is 23.2 Å². The fourth-order valence-electron chi connectivity index (χ4n) is 2.14. The molecule has 16 heavy (non-hydrogen) atoms. The molecule has 1 aliphatic carbocycles. The topological polar surface area (TPSA) is 66.4 Å². The largest absolute Gasteiger partial charge is 0.481 e. The summed E-state index contributed by atoms with van der Waals surface area (Å²) in [6.45, 7) is 3.62. The summed E-state index contributed by atoms with van der Waals surface area (Å²) in [7, 11) is 0. The van der Waals surface area contributed by atoms with Crippen LogP contribution >= 0.6 is 11.3 Å². The van der Waals surface area contributed by atoms with Gasteiger partial charge in [-0.3, -0.25) is 9.59 Å². The molecule has 86 valence electrons. The summed E-state index contributed by atoms with van der Waals surface area (Å²) in [6.07, 6.45) is 0. The van der Waals surface area contributed by atoms with Crippen LogP contribution in [0.2, 0.25) is 0 Å². The van der Waals surface area contributed by atoms with E-state index in [0.717, 1.165) is 5.69 Å². The van der Waals surface area contributed by atoms with E-state index in [1.807, 2.05) is 24.6 Å². The van der Waals surface area contributed by atoms with Crippen molar-refractivity contribution < 1.29 is 14.7 Å². The third-order valence-electron chi connectivity index (χ3n) is 3.16. The minimum Gasteiger partial charge on any atom is -0.481 e. The normalized spacial score (nSPS) is 26.1. The van der Waals surface area contributed by atoms with Gasteiger partial charge in [-0.15, -0.1) is 0 Å². The molecule has 0 radical (unpaired) electrons. The maximum atomic E-state index is 11.8. The van der Waals surface area contributed by atoms with E-state index in [4.69, 9.17) is 5.11 Å². The molecule has 1 saturated carbocycles. The quantitative estimate of drug-likeness (QED) is 0.848. The molecule has 4 nitrogen and oxygen atoms in total. The van der Waals surface area contributed by atoms with Gasteiger partial charge in [0.05, 0.1) is 17.5 Å². The Hall–Kier alpha value is -1.36. The Labute approximate surface area is 97.3 Å². The molecule has 2 unspecified atom stereocenters. The summed E-state index contributed by atoms with van der Waals surface area (Å²) >= 11 is 1.49. The van der Waals surface area contributed by atoms with Crippen LogP contribution in [0.25, 0.3) is 0 Å². The van der Waals surface area contributed by atoms with Crippen LogP contribution < -0.4 is 5.32 Å². The lowest BCUT2D eigenvalue weighted by Gasteiger charge is -2.03. The summed E-state index contributed by atoms with van der Waals surface area (Å²) in [6, 6.07) is 1.80. The molecule has 1 fully saturated rings. The van der Waals surface area contributed by atoms with Gasteiger partial charge in [-0.25, -0.2) is 0 Å². The predicted octanol–water partition coefficient (Wildman–Crippen LogP) is 2.04. The predicted molar refractivity (Wildman–Crippen MR) is 61.3 cm³/mol. The van der Waals surface area contributed by atoms with Gasteiger partial charge in [0, 0.05) is 5.38 Å². The number of carbonyl (C=O) groups is 2. The Kier molecular flexibility index (Phi) is 2.50. The third kappa shape index (κ3) is 1.71. The highest BCUT2D eigenvalue weighted by atomic mass is 32.1. The number of carboxylic acid groups (broad SMARTS) is 1. The Bertz CT molecular complexity index is 424. The van der Waals surface area contributed by atoms with E-state index in [9.17, 15) is 9.59 Å². The molecule has 0 bridgehead atoms. The molecular weight excluding hydrogens is 226 g/mol. The number of amides is 1. The Morgan fingerprint density at radius 3 is 2.56 bits per heavy atom. The highest BCUT2D eigenvalue weighted by molar-refractivity contribution is 7.08. The minimum atomic E-state index is -0.893. The maximum Gasteiger partial charge on any atom is 0.307 e. The van der Waals surface area contributed by atoms with Crippen LogP contribution in [0.15, 0.2) is 16.8 Å². The van der Waals surface area contributed by atoms with Crippen molar-refractivity contribution in [3.63, 3.8) is 0 Å². The van der Waals surface area contributed by atoms with Crippen molar-refractivity contribution in [1.29, 1.82) is 0 Å². The standard InChI is InChI=1S/C11H13NO3S/c1-11(2)7(8(11)10(14)15)9(13)12-6-3-4-16-5-6/h3-5,7-8H,1-2H3,(H,12,13)(H,14,15). The summed E-state index contributed by atoms with van der Waals surface area (Å²) in [4.78, 5) is 22.7. The van der Waals surface area contributed by atoms with Crippen molar-refractivity contribution >= 4 is 28.9 Å². The summed E-state index contributed by atoms with van der Waals surface area (Å²) in [5.74, 6) is -2.08. The number of carbonyl (C=O) groups excluding carboxylic acids is 1. The molecule has 0 saturated heterocycles. The first-order chi connectivity index (χ1) is 7.44. The van der Waals surface area contributed by atoms with Gasteiger partial charge in [-0.1, -0.05) is 13.8 Å². The van der Waals surface area contributed by atoms with Crippen LogP contribution in [-0.2, 0) is 9.59 Å². The van der Waals surface area contributed by atoms with Crippen LogP contribution in [0.3, 0.4) is 0 Å². The lowest BCUT2D eigenvalue weighted by atomic mass is 10.1. The molecule has 1 amide bonds. The van der Waals surface area contributed by atoms with Gasteiger partial charge in [0.15, 0.2) is 0 Å². The van der Waals surface area contributed by atoms with Gasteiger partial charge in [-0.05, 0) is 16.9 Å². The lowest BCUT2D eigenvalue weighted by Crippen LogP contribution is -2.17. The second kappa shape index (κ2) is 3.59. The zero-order chi connectivity index (χ0) is 11.9. The molecule has 5 heteroatoms. The SMILES string of the molecule is CC1(C)C(C(=O)O)C1C(=O)Nc1ccsc1. The van der Waals surface area contributed by atoms with Crippen molar-refractivity contribution in [2.75, 3.05) is 5.32 Å². The highest BCUT2D eigenvalue weighted by Crippen LogP contribution is 2.58. The van der Waals surface area contributed by atoms with Crippen LogP contribution in [0.1, 0.15) is 13.8 Å². The Balaban J connectivity index is 2.05. The van der Waals surface area contributed by atoms with Gasteiger partial charge < -0.3 is 10.4 Å². The molecule has 1 aromatic heterocycles. The minimum absolute atomic E-state index is 0.198. The van der Waals surface area contributed by atoms with Crippen molar-refractivity contribution in [2.24, 2.45) is 17.3 Å². The number of thiophene rings is 1. The molecule has 1 aliphatic rings. The van der Waals surface area contributed by atoms with E-state index in [1.54, 1.807) is 6.07 Å². The summed E-state index contributed by atoms with van der Waals surface area (Å²) in [5, 5.41) is 15.4. The molecule has 1 heterocycles. The number of rotatable bonds is 3. The fraction of sp³-hybridized carbons (Fsp3) is 0.455. The number of anilines is 1. The Morgan fingerprint density at radius 2 is 2.12 bits per heavy atom. The number of hydrogen-bond donors (Lipinski definition) is 2. The second-order valence-corrected chi connectivity index (χ2v) is 5.40. The van der Waals surface area contributed by atoms with E-state index in [-0.39, 0.29) is 5.91 Å². The summed E-state index contributed by atoms with van der Waals surface area (Å²) < 4.78 is 0. The molecule has 2 rings (SSSR count). The number of nitrogens with one attached hydrogen (secondary N) is 1. The van der Waals surface area contributed by atoms with E-state index in [0.29, 0.717) is 0 Å². The fourth-order valence-corrected chi connectivity index (χ4v) is 2.73. The number of aliphatic carboxylic acids is 1. The molecule has 2 atom stereocenters.